The van der Waals surface area contributed by atoms with Crippen molar-refractivity contribution < 1.29 is 18.7 Å². The Morgan fingerprint density at radius 3 is 2.36 bits per heavy atom. The summed E-state index contributed by atoms with van der Waals surface area (Å²) >= 11 is 0. The van der Waals surface area contributed by atoms with Crippen LogP contribution < -0.4 is 10.2 Å². The monoisotopic (exact) mass is 377 g/mol. The molecule has 6 heteroatoms. The predicted octanol–water partition coefficient (Wildman–Crippen LogP) is 4.68. The van der Waals surface area contributed by atoms with Crippen LogP contribution in [0.15, 0.2) is 63.9 Å². The van der Waals surface area contributed by atoms with Gasteiger partial charge in [-0.05, 0) is 36.2 Å². The fraction of sp³-hybridized carbons (Fsp3) is 0.0909. The summed E-state index contributed by atoms with van der Waals surface area (Å²) in [7, 11) is 1.46. The van der Waals surface area contributed by atoms with Gasteiger partial charge in [0.15, 0.2) is 16.8 Å². The minimum atomic E-state index is -0.538. The summed E-state index contributed by atoms with van der Waals surface area (Å²) in [4.78, 5) is 16.3. The highest BCUT2D eigenvalue weighted by molar-refractivity contribution is 5.90. The standard InChI is InChI=1S/C22H16FNO4/c1-12-9-18(27-2)20-16(25)10-17(28-22(20)21(12)26)14-5-3-13(4-6-14)15-7-8-19(23)24-11-15/h3-11,26H,1-2H3. The van der Waals surface area contributed by atoms with Gasteiger partial charge in [0.05, 0.1) is 7.11 Å². The first-order valence-electron chi connectivity index (χ1n) is 8.54. The number of phenols is 1. The minimum Gasteiger partial charge on any atom is -0.504 e. The van der Waals surface area contributed by atoms with Crippen molar-refractivity contribution in [2.24, 2.45) is 0 Å². The third-order valence-electron chi connectivity index (χ3n) is 4.58. The van der Waals surface area contributed by atoms with Crippen molar-refractivity contribution in [3.8, 4) is 33.9 Å². The molecule has 5 nitrogen and oxygen atoms in total. The van der Waals surface area contributed by atoms with Gasteiger partial charge in [-0.15, -0.1) is 0 Å². The molecule has 0 saturated heterocycles. The summed E-state index contributed by atoms with van der Waals surface area (Å²) < 4.78 is 24.1. The number of phenolic OH excluding ortho intramolecular Hbond substituents is 1. The summed E-state index contributed by atoms with van der Waals surface area (Å²) in [5.41, 5.74) is 2.61. The molecule has 4 aromatic rings. The van der Waals surface area contributed by atoms with E-state index >= 15 is 0 Å². The van der Waals surface area contributed by atoms with Crippen molar-refractivity contribution in [2.45, 2.75) is 6.92 Å². The first kappa shape index (κ1) is 17.7. The maximum atomic E-state index is 13.0. The van der Waals surface area contributed by atoms with Crippen LogP contribution in [0.3, 0.4) is 0 Å². The van der Waals surface area contributed by atoms with Crippen molar-refractivity contribution in [3.05, 3.63) is 76.5 Å². The van der Waals surface area contributed by atoms with E-state index in [4.69, 9.17) is 9.15 Å². The van der Waals surface area contributed by atoms with E-state index in [-0.39, 0.29) is 22.1 Å². The first-order chi connectivity index (χ1) is 13.5. The van der Waals surface area contributed by atoms with Gasteiger partial charge in [0, 0.05) is 23.4 Å². The molecule has 2 aromatic heterocycles. The summed E-state index contributed by atoms with van der Waals surface area (Å²) in [6.45, 7) is 1.70. The number of methoxy groups -OCH3 is 1. The molecule has 0 saturated carbocycles. The summed E-state index contributed by atoms with van der Waals surface area (Å²) in [5, 5.41) is 10.6. The number of hydrogen-bond donors (Lipinski definition) is 1. The van der Waals surface area contributed by atoms with Crippen molar-refractivity contribution in [2.75, 3.05) is 7.11 Å². The molecule has 2 aromatic carbocycles. The van der Waals surface area contributed by atoms with Gasteiger partial charge in [-0.3, -0.25) is 4.79 Å². The average molecular weight is 377 g/mol. The van der Waals surface area contributed by atoms with Crippen LogP contribution in [0.1, 0.15) is 5.56 Å². The zero-order chi connectivity index (χ0) is 19.8. The largest absolute Gasteiger partial charge is 0.504 e. The smallest absolute Gasteiger partial charge is 0.212 e. The number of rotatable bonds is 3. The van der Waals surface area contributed by atoms with Crippen LogP contribution in [0.2, 0.25) is 0 Å². The van der Waals surface area contributed by atoms with Crippen LogP contribution in [0.4, 0.5) is 4.39 Å². The summed E-state index contributed by atoms with van der Waals surface area (Å²) in [6, 6.07) is 13.1. The van der Waals surface area contributed by atoms with Gasteiger partial charge in [-0.25, -0.2) is 4.98 Å². The molecule has 2 heterocycles. The van der Waals surface area contributed by atoms with Crippen molar-refractivity contribution in [1.29, 1.82) is 0 Å². The van der Waals surface area contributed by atoms with E-state index in [9.17, 15) is 14.3 Å². The van der Waals surface area contributed by atoms with Crippen molar-refractivity contribution in [1.82, 2.24) is 4.98 Å². The zero-order valence-electron chi connectivity index (χ0n) is 15.2. The number of pyridine rings is 1. The summed E-state index contributed by atoms with van der Waals surface area (Å²) in [5.74, 6) is 0.0431. The Kier molecular flexibility index (Phi) is 4.31. The molecule has 0 unspecified atom stereocenters. The number of halogens is 1. The Hall–Kier alpha value is -3.67. The number of aromatic nitrogens is 1. The fourth-order valence-corrected chi connectivity index (χ4v) is 3.09. The van der Waals surface area contributed by atoms with Crippen LogP contribution >= 0.6 is 0 Å². The topological polar surface area (TPSA) is 72.6 Å². The highest BCUT2D eigenvalue weighted by atomic mass is 19.1. The highest BCUT2D eigenvalue weighted by Gasteiger charge is 2.17. The maximum Gasteiger partial charge on any atom is 0.212 e. The Morgan fingerprint density at radius 1 is 1.04 bits per heavy atom. The van der Waals surface area contributed by atoms with Crippen LogP contribution in [0, 0.1) is 12.9 Å². The van der Waals surface area contributed by atoms with E-state index in [2.05, 4.69) is 4.98 Å². The molecule has 0 aliphatic heterocycles. The Labute approximate surface area is 159 Å². The van der Waals surface area contributed by atoms with Crippen LogP contribution in [-0.4, -0.2) is 17.2 Å². The maximum absolute atomic E-state index is 13.0. The zero-order valence-corrected chi connectivity index (χ0v) is 15.2. The second kappa shape index (κ2) is 6.81. The lowest BCUT2D eigenvalue weighted by molar-refractivity contribution is 0.414. The molecule has 140 valence electrons. The number of ether oxygens (including phenoxy) is 1. The van der Waals surface area contributed by atoms with E-state index in [1.165, 1.54) is 25.4 Å². The second-order valence-corrected chi connectivity index (χ2v) is 6.37. The predicted molar refractivity (Wildman–Crippen MR) is 104 cm³/mol. The van der Waals surface area contributed by atoms with Crippen LogP contribution in [0.25, 0.3) is 33.4 Å². The quantitative estimate of drug-likeness (QED) is 0.525. The van der Waals surface area contributed by atoms with E-state index in [0.29, 0.717) is 22.6 Å². The van der Waals surface area contributed by atoms with E-state index in [1.54, 1.807) is 31.2 Å². The van der Waals surface area contributed by atoms with Crippen molar-refractivity contribution in [3.63, 3.8) is 0 Å². The highest BCUT2D eigenvalue weighted by Crippen LogP contribution is 2.36. The number of nitrogens with zero attached hydrogens (tertiary/aromatic N) is 1. The molecule has 1 N–H and O–H groups in total. The molecule has 0 bridgehead atoms. The molecule has 0 amide bonds. The number of aromatic hydroxyl groups is 1. The molecular formula is C22H16FNO4. The number of benzene rings is 2. The van der Waals surface area contributed by atoms with Gasteiger partial charge in [0.2, 0.25) is 5.95 Å². The van der Waals surface area contributed by atoms with Crippen LogP contribution in [-0.2, 0) is 0 Å². The number of aryl methyl sites for hydroxylation is 1. The minimum absolute atomic E-state index is 0.0890. The van der Waals surface area contributed by atoms with E-state index in [1.807, 2.05) is 12.1 Å². The van der Waals surface area contributed by atoms with Gasteiger partial charge in [0.1, 0.15) is 16.9 Å². The number of fused-ring (bicyclic) bond motifs is 1. The molecule has 4 rings (SSSR count). The van der Waals surface area contributed by atoms with E-state index in [0.717, 1.165) is 11.1 Å². The lowest BCUT2D eigenvalue weighted by Crippen LogP contribution is -2.03. The molecule has 0 aliphatic carbocycles. The fourth-order valence-electron chi connectivity index (χ4n) is 3.09. The second-order valence-electron chi connectivity index (χ2n) is 6.37. The molecule has 0 atom stereocenters. The normalized spacial score (nSPS) is 11.0. The molecule has 0 spiro atoms. The Bertz CT molecular complexity index is 1230. The Balaban J connectivity index is 1.82. The van der Waals surface area contributed by atoms with E-state index < -0.39 is 5.95 Å². The SMILES string of the molecule is COc1cc(C)c(O)c2oc(-c3ccc(-c4ccc(F)nc4)cc3)cc(=O)c12. The third-order valence-corrected chi connectivity index (χ3v) is 4.58. The average Bonchev–Trinajstić information content (AvgIpc) is 2.71. The van der Waals surface area contributed by atoms with Gasteiger partial charge in [0.25, 0.3) is 0 Å². The third kappa shape index (κ3) is 2.99. The van der Waals surface area contributed by atoms with Gasteiger partial charge < -0.3 is 14.3 Å². The molecule has 0 aliphatic rings. The first-order valence-corrected chi connectivity index (χ1v) is 8.54. The van der Waals surface area contributed by atoms with Crippen LogP contribution in [0.5, 0.6) is 11.5 Å². The molecule has 28 heavy (non-hydrogen) atoms. The van der Waals surface area contributed by atoms with Gasteiger partial charge >= 0.3 is 0 Å². The van der Waals surface area contributed by atoms with Crippen molar-refractivity contribution >= 4 is 11.0 Å². The lowest BCUT2D eigenvalue weighted by atomic mass is 10.0. The van der Waals surface area contributed by atoms with Gasteiger partial charge in [-0.2, -0.15) is 4.39 Å². The molecule has 0 radical (unpaired) electrons. The lowest BCUT2D eigenvalue weighted by Gasteiger charge is -2.10. The molecular weight excluding hydrogens is 361 g/mol. The number of hydrogen-bond acceptors (Lipinski definition) is 5. The summed E-state index contributed by atoms with van der Waals surface area (Å²) in [6.07, 6.45) is 1.45. The molecule has 0 fully saturated rings. The Morgan fingerprint density at radius 2 is 1.71 bits per heavy atom. The van der Waals surface area contributed by atoms with Gasteiger partial charge in [-0.1, -0.05) is 24.3 Å².